The number of epoxide rings is 1. The van der Waals surface area contributed by atoms with E-state index in [0.717, 1.165) is 5.56 Å². The number of ketones is 1. The monoisotopic (exact) mass is 566 g/mol. The van der Waals surface area contributed by atoms with Crippen molar-refractivity contribution in [3.63, 3.8) is 0 Å². The normalized spacial score (nSPS) is 20.7. The molecule has 4 unspecified atom stereocenters. The van der Waals surface area contributed by atoms with Gasteiger partial charge >= 0.3 is 0 Å². The van der Waals surface area contributed by atoms with E-state index >= 15 is 0 Å². The molecule has 0 spiro atoms. The van der Waals surface area contributed by atoms with Crippen LogP contribution in [0.15, 0.2) is 54.6 Å². The minimum Gasteiger partial charge on any atom is -0.497 e. The number of morpholine rings is 1. The molecule has 2 saturated heterocycles. The molecule has 2 fully saturated rings. The number of amides is 3. The molecule has 3 amide bonds. The van der Waals surface area contributed by atoms with Gasteiger partial charge in [0, 0.05) is 19.5 Å². The molecule has 4 rings (SSSR count). The lowest BCUT2D eigenvalue weighted by Gasteiger charge is -2.27. The first kappa shape index (κ1) is 30.2. The summed E-state index contributed by atoms with van der Waals surface area (Å²) in [7, 11) is 1.56. The predicted molar refractivity (Wildman–Crippen MR) is 150 cm³/mol. The Morgan fingerprint density at radius 2 is 1.61 bits per heavy atom. The number of hydrogen-bond acceptors (Lipinski definition) is 8. The van der Waals surface area contributed by atoms with Crippen molar-refractivity contribution >= 4 is 23.5 Å². The molecule has 4 atom stereocenters. The van der Waals surface area contributed by atoms with E-state index < -0.39 is 35.5 Å². The lowest BCUT2D eigenvalue weighted by atomic mass is 9.94. The molecule has 0 aliphatic carbocycles. The summed E-state index contributed by atoms with van der Waals surface area (Å²) in [6.07, 6.45) is 0.152. The molecule has 11 heteroatoms. The van der Waals surface area contributed by atoms with Crippen molar-refractivity contribution in [2.75, 3.05) is 46.6 Å². The summed E-state index contributed by atoms with van der Waals surface area (Å²) in [6, 6.07) is 13.2. The molecule has 0 aromatic heterocycles. The zero-order valence-electron chi connectivity index (χ0n) is 23.7. The Morgan fingerprint density at radius 1 is 0.951 bits per heavy atom. The third-order valence-corrected chi connectivity index (χ3v) is 7.25. The molecule has 0 saturated carbocycles. The van der Waals surface area contributed by atoms with Crippen LogP contribution >= 0.6 is 0 Å². The van der Waals surface area contributed by atoms with Gasteiger partial charge in [-0.3, -0.25) is 24.1 Å². The number of carbonyl (C=O) groups excluding carboxylic acids is 4. The molecular formula is C30H38N4O7. The summed E-state index contributed by atoms with van der Waals surface area (Å²) < 4.78 is 15.9. The number of carbonyl (C=O) groups is 4. The van der Waals surface area contributed by atoms with E-state index in [1.165, 1.54) is 0 Å². The average molecular weight is 567 g/mol. The van der Waals surface area contributed by atoms with E-state index in [1.54, 1.807) is 69.5 Å². The Hall–Kier alpha value is -3.80. The maximum absolute atomic E-state index is 13.7. The number of nitrogens with one attached hydrogen (secondary N) is 3. The molecule has 2 aromatic rings. The fraction of sp³-hybridized carbons (Fsp3) is 0.467. The van der Waals surface area contributed by atoms with Crippen LogP contribution in [-0.2, 0) is 35.1 Å². The number of hydrogen-bond donors (Lipinski definition) is 3. The Kier molecular flexibility index (Phi) is 10.1. The molecule has 220 valence electrons. The van der Waals surface area contributed by atoms with Gasteiger partial charge in [0.15, 0.2) is 5.78 Å². The van der Waals surface area contributed by atoms with Gasteiger partial charge in [-0.1, -0.05) is 42.5 Å². The highest BCUT2D eigenvalue weighted by Gasteiger charge is 2.50. The van der Waals surface area contributed by atoms with Crippen LogP contribution in [0.2, 0.25) is 0 Å². The number of ether oxygens (including phenoxy) is 3. The van der Waals surface area contributed by atoms with Gasteiger partial charge in [-0.15, -0.1) is 0 Å². The van der Waals surface area contributed by atoms with Gasteiger partial charge in [-0.2, -0.15) is 0 Å². The highest BCUT2D eigenvalue weighted by atomic mass is 16.6. The van der Waals surface area contributed by atoms with Crippen molar-refractivity contribution in [3.05, 3.63) is 65.7 Å². The van der Waals surface area contributed by atoms with Gasteiger partial charge in [-0.05, 0) is 37.1 Å². The average Bonchev–Trinajstić information content (AvgIpc) is 3.74. The van der Waals surface area contributed by atoms with Crippen LogP contribution < -0.4 is 20.7 Å². The molecule has 2 aliphatic heterocycles. The lowest BCUT2D eigenvalue weighted by molar-refractivity contribution is -0.134. The first-order valence-corrected chi connectivity index (χ1v) is 13.7. The molecule has 0 radical (unpaired) electrons. The molecule has 11 nitrogen and oxygen atoms in total. The first-order chi connectivity index (χ1) is 19.7. The van der Waals surface area contributed by atoms with Crippen LogP contribution in [0.3, 0.4) is 0 Å². The van der Waals surface area contributed by atoms with E-state index in [4.69, 9.17) is 14.2 Å². The summed E-state index contributed by atoms with van der Waals surface area (Å²) in [5.41, 5.74) is 0.415. The highest BCUT2D eigenvalue weighted by Crippen LogP contribution is 2.33. The number of Topliss-reactive ketones (excluding diaryl/α,β-unsaturated/α-hetero) is 1. The number of nitrogens with zero attached hydrogens (tertiary/aromatic N) is 1. The second-order valence-corrected chi connectivity index (χ2v) is 10.5. The van der Waals surface area contributed by atoms with Gasteiger partial charge in [0.05, 0.1) is 33.5 Å². The molecule has 2 heterocycles. The zero-order valence-corrected chi connectivity index (χ0v) is 23.7. The van der Waals surface area contributed by atoms with Crippen molar-refractivity contribution in [2.24, 2.45) is 0 Å². The second-order valence-electron chi connectivity index (χ2n) is 10.5. The van der Waals surface area contributed by atoms with Gasteiger partial charge in [0.1, 0.15) is 29.5 Å². The Morgan fingerprint density at radius 3 is 2.22 bits per heavy atom. The SMILES string of the molecule is COc1ccc(CC(NC(=O)C(C)NC(=O)CN2CCOCC2)C(=O)NC(C(=O)C2(C)CO2)c2ccccc2)cc1. The Labute approximate surface area is 239 Å². The minimum atomic E-state index is -1.03. The largest absolute Gasteiger partial charge is 0.497 e. The number of benzene rings is 2. The molecule has 2 aromatic carbocycles. The quantitative estimate of drug-likeness (QED) is 0.303. The lowest BCUT2D eigenvalue weighted by Crippen LogP contribution is -2.55. The van der Waals surface area contributed by atoms with Gasteiger partial charge in [0.2, 0.25) is 17.7 Å². The summed E-state index contributed by atoms with van der Waals surface area (Å²) in [6.45, 7) is 6.09. The molecule has 2 aliphatic rings. The maximum atomic E-state index is 13.7. The van der Waals surface area contributed by atoms with Crippen LogP contribution in [0.25, 0.3) is 0 Å². The number of rotatable bonds is 13. The third-order valence-electron chi connectivity index (χ3n) is 7.25. The smallest absolute Gasteiger partial charge is 0.243 e. The van der Waals surface area contributed by atoms with E-state index in [1.807, 2.05) is 11.0 Å². The topological polar surface area (TPSA) is 139 Å². The Bertz CT molecular complexity index is 1210. The van der Waals surface area contributed by atoms with Crippen LogP contribution in [-0.4, -0.2) is 92.7 Å². The summed E-state index contributed by atoms with van der Waals surface area (Å²) >= 11 is 0. The second kappa shape index (κ2) is 13.7. The summed E-state index contributed by atoms with van der Waals surface area (Å²) in [5.74, 6) is -0.960. The third kappa shape index (κ3) is 8.35. The molecular weight excluding hydrogens is 528 g/mol. The van der Waals surface area contributed by atoms with Crippen molar-refractivity contribution in [1.29, 1.82) is 0 Å². The van der Waals surface area contributed by atoms with Crippen LogP contribution in [0.1, 0.15) is 31.0 Å². The fourth-order valence-corrected chi connectivity index (χ4v) is 4.56. The van der Waals surface area contributed by atoms with Crippen molar-refractivity contribution in [1.82, 2.24) is 20.9 Å². The van der Waals surface area contributed by atoms with Crippen LogP contribution in [0.4, 0.5) is 0 Å². The predicted octanol–water partition coefficient (Wildman–Crippen LogP) is 0.775. The van der Waals surface area contributed by atoms with E-state index in [2.05, 4.69) is 16.0 Å². The Balaban J connectivity index is 1.48. The van der Waals surface area contributed by atoms with Crippen molar-refractivity contribution < 1.29 is 33.4 Å². The standard InChI is InChI=1S/C30H38N4O7/c1-20(31-25(35)18-34-13-15-40-16-14-34)28(37)32-24(17-21-9-11-23(39-3)12-10-21)29(38)33-26(22-7-5-4-6-8-22)27(36)30(2)19-41-30/h4-12,20,24,26H,13-19H2,1-3H3,(H,31,35)(H,32,37)(H,33,38). The summed E-state index contributed by atoms with van der Waals surface area (Å²) in [5, 5.41) is 8.34. The van der Waals surface area contributed by atoms with Crippen molar-refractivity contribution in [2.45, 2.75) is 44.0 Å². The maximum Gasteiger partial charge on any atom is 0.243 e. The van der Waals surface area contributed by atoms with Gasteiger partial charge in [-0.25, -0.2) is 0 Å². The van der Waals surface area contributed by atoms with E-state index in [0.29, 0.717) is 37.6 Å². The van der Waals surface area contributed by atoms with Crippen molar-refractivity contribution in [3.8, 4) is 5.75 Å². The fourth-order valence-electron chi connectivity index (χ4n) is 4.56. The van der Waals surface area contributed by atoms with Crippen LogP contribution in [0, 0.1) is 0 Å². The number of methoxy groups -OCH3 is 1. The molecule has 41 heavy (non-hydrogen) atoms. The van der Waals surface area contributed by atoms with Gasteiger partial charge in [0.25, 0.3) is 0 Å². The van der Waals surface area contributed by atoms with E-state index in [-0.39, 0.29) is 31.3 Å². The molecule has 0 bridgehead atoms. The van der Waals surface area contributed by atoms with E-state index in [9.17, 15) is 19.2 Å². The molecule has 3 N–H and O–H groups in total. The zero-order chi connectivity index (χ0) is 29.4. The van der Waals surface area contributed by atoms with Gasteiger partial charge < -0.3 is 30.2 Å². The summed E-state index contributed by atoms with van der Waals surface area (Å²) in [4.78, 5) is 54.7. The van der Waals surface area contributed by atoms with Crippen LogP contribution in [0.5, 0.6) is 5.75 Å². The minimum absolute atomic E-state index is 0.151. The first-order valence-electron chi connectivity index (χ1n) is 13.7. The highest BCUT2D eigenvalue weighted by molar-refractivity contribution is 5.99.